The number of halogens is 1. The van der Waals surface area contributed by atoms with Gasteiger partial charge < -0.3 is 10.6 Å². The Bertz CT molecular complexity index is 1360. The number of piperidine rings is 1. The van der Waals surface area contributed by atoms with Crippen molar-refractivity contribution in [2.45, 2.75) is 28.7 Å². The molecule has 1 atom stereocenters. The zero-order valence-corrected chi connectivity index (χ0v) is 20.8. The number of hydrogen-bond donors (Lipinski definition) is 1. The van der Waals surface area contributed by atoms with Crippen LogP contribution in [0.5, 0.6) is 0 Å². The van der Waals surface area contributed by atoms with Crippen LogP contribution in [0.4, 0.5) is 5.82 Å². The molecule has 34 heavy (non-hydrogen) atoms. The van der Waals surface area contributed by atoms with E-state index in [1.807, 2.05) is 22.9 Å². The fourth-order valence-corrected chi connectivity index (χ4v) is 5.36. The molecular formula is C25H23BrN6OS. The Morgan fingerprint density at radius 3 is 2.56 bits per heavy atom. The molecule has 1 aliphatic heterocycles. The van der Waals surface area contributed by atoms with E-state index in [0.29, 0.717) is 29.0 Å². The highest BCUT2D eigenvalue weighted by Crippen LogP contribution is 2.35. The number of nitrogens with two attached hydrogens (primary N) is 1. The first-order chi connectivity index (χ1) is 16.5. The van der Waals surface area contributed by atoms with Crippen molar-refractivity contribution in [3.8, 4) is 11.3 Å². The number of aromatic nitrogens is 4. The molecule has 1 aliphatic rings. The average molecular weight is 535 g/mol. The highest BCUT2D eigenvalue weighted by Gasteiger charge is 2.29. The van der Waals surface area contributed by atoms with Crippen LogP contribution in [0, 0.1) is 0 Å². The second-order valence-corrected chi connectivity index (χ2v) is 10.2. The maximum atomic E-state index is 12.5. The summed E-state index contributed by atoms with van der Waals surface area (Å²) in [5.41, 5.74) is 8.67. The molecule has 4 aromatic rings. The Kier molecular flexibility index (Phi) is 6.38. The lowest BCUT2D eigenvalue weighted by molar-refractivity contribution is -0.127. The molecule has 1 amide bonds. The van der Waals surface area contributed by atoms with Crippen molar-refractivity contribution in [3.05, 3.63) is 72.0 Å². The lowest BCUT2D eigenvalue weighted by Crippen LogP contribution is -2.41. The van der Waals surface area contributed by atoms with Gasteiger partial charge in [0.25, 0.3) is 5.91 Å². The molecular weight excluding hydrogens is 512 g/mol. The predicted molar refractivity (Wildman–Crippen MR) is 139 cm³/mol. The van der Waals surface area contributed by atoms with Gasteiger partial charge in [0.2, 0.25) is 0 Å². The first-order valence-corrected chi connectivity index (χ1v) is 12.6. The van der Waals surface area contributed by atoms with Crippen LogP contribution < -0.4 is 5.73 Å². The van der Waals surface area contributed by atoms with E-state index in [-0.39, 0.29) is 11.9 Å². The average Bonchev–Trinajstić information content (AvgIpc) is 3.26. The summed E-state index contributed by atoms with van der Waals surface area (Å²) in [5, 5.41) is 5.69. The Balaban J connectivity index is 1.49. The van der Waals surface area contributed by atoms with Crippen LogP contribution in [0.3, 0.4) is 0 Å². The summed E-state index contributed by atoms with van der Waals surface area (Å²) in [5.74, 6) is 0.300. The van der Waals surface area contributed by atoms with E-state index in [4.69, 9.17) is 10.8 Å². The smallest absolute Gasteiger partial charge is 0.260 e. The van der Waals surface area contributed by atoms with Gasteiger partial charge in [-0.1, -0.05) is 48.7 Å². The number of fused-ring (bicyclic) bond motifs is 1. The standard InChI is InChI=1S/C25H23BrN6OS/c1-16(26)25(33)31-13-5-6-18(14-31)32-24-21(23(27)28-15-29-24)22(30-32)17-9-11-20(12-10-17)34-19-7-3-2-4-8-19/h2-4,7-12,15,18H,1,5-6,13-14H2,(H2,27,28,29)/t18-/m1/s1. The Labute approximate surface area is 210 Å². The van der Waals surface area contributed by atoms with Crippen molar-refractivity contribution in [2.75, 3.05) is 18.8 Å². The number of nitrogen functional groups attached to an aromatic ring is 1. The second-order valence-electron chi connectivity index (χ2n) is 8.14. The number of amides is 1. The summed E-state index contributed by atoms with van der Waals surface area (Å²) in [6.07, 6.45) is 3.23. The molecule has 2 aromatic heterocycles. The van der Waals surface area contributed by atoms with Crippen molar-refractivity contribution >= 4 is 50.5 Å². The number of carbonyl (C=O) groups excluding carboxylic acids is 1. The van der Waals surface area contributed by atoms with Crippen LogP contribution in [0.2, 0.25) is 0 Å². The Morgan fingerprint density at radius 1 is 1.09 bits per heavy atom. The second kappa shape index (κ2) is 9.60. The molecule has 7 nitrogen and oxygen atoms in total. The van der Waals surface area contributed by atoms with Crippen LogP contribution in [0.1, 0.15) is 18.9 Å². The molecule has 3 heterocycles. The zero-order valence-electron chi connectivity index (χ0n) is 18.4. The molecule has 5 rings (SSSR count). The molecule has 172 valence electrons. The van der Waals surface area contributed by atoms with Crippen LogP contribution in [0.25, 0.3) is 22.3 Å². The molecule has 0 aliphatic carbocycles. The van der Waals surface area contributed by atoms with Gasteiger partial charge in [-0.3, -0.25) is 4.79 Å². The van der Waals surface area contributed by atoms with Crippen LogP contribution in [0.15, 0.2) is 81.8 Å². The fraction of sp³-hybridized carbons (Fsp3) is 0.200. The van der Waals surface area contributed by atoms with Crippen LogP contribution >= 0.6 is 27.7 Å². The lowest BCUT2D eigenvalue weighted by Gasteiger charge is -2.32. The number of carbonyl (C=O) groups is 1. The zero-order chi connectivity index (χ0) is 23.7. The predicted octanol–water partition coefficient (Wildman–Crippen LogP) is 5.30. The summed E-state index contributed by atoms with van der Waals surface area (Å²) in [7, 11) is 0. The van der Waals surface area contributed by atoms with E-state index in [1.54, 1.807) is 16.7 Å². The largest absolute Gasteiger partial charge is 0.383 e. The number of anilines is 1. The van der Waals surface area contributed by atoms with Crippen molar-refractivity contribution in [1.29, 1.82) is 0 Å². The van der Waals surface area contributed by atoms with E-state index in [2.05, 4.69) is 68.9 Å². The minimum atomic E-state index is -0.0953. The van der Waals surface area contributed by atoms with E-state index in [9.17, 15) is 4.79 Å². The third-order valence-corrected chi connectivity index (χ3v) is 7.24. The number of hydrogen-bond acceptors (Lipinski definition) is 6. The van der Waals surface area contributed by atoms with Gasteiger partial charge in [0, 0.05) is 28.4 Å². The topological polar surface area (TPSA) is 89.9 Å². The maximum Gasteiger partial charge on any atom is 0.260 e. The van der Waals surface area contributed by atoms with Gasteiger partial charge in [0.1, 0.15) is 17.8 Å². The minimum Gasteiger partial charge on any atom is -0.383 e. The molecule has 1 fully saturated rings. The molecule has 0 saturated carbocycles. The number of benzene rings is 2. The van der Waals surface area contributed by atoms with Gasteiger partial charge in [0.15, 0.2) is 5.65 Å². The molecule has 0 spiro atoms. The van der Waals surface area contributed by atoms with Gasteiger partial charge in [-0.25, -0.2) is 14.6 Å². The molecule has 1 saturated heterocycles. The normalized spacial score (nSPS) is 16.0. The van der Waals surface area contributed by atoms with Gasteiger partial charge in [0.05, 0.1) is 15.9 Å². The highest BCUT2D eigenvalue weighted by atomic mass is 79.9. The molecule has 0 radical (unpaired) electrons. The first-order valence-electron chi connectivity index (χ1n) is 11.0. The fourth-order valence-electron chi connectivity index (χ4n) is 4.27. The molecule has 2 aromatic carbocycles. The van der Waals surface area contributed by atoms with Gasteiger partial charge in [-0.05, 0) is 53.0 Å². The van der Waals surface area contributed by atoms with Gasteiger partial charge >= 0.3 is 0 Å². The number of likely N-dealkylation sites (tertiary alicyclic amines) is 1. The lowest BCUT2D eigenvalue weighted by atomic mass is 10.1. The third-order valence-electron chi connectivity index (χ3n) is 5.89. The van der Waals surface area contributed by atoms with E-state index in [1.165, 1.54) is 11.2 Å². The Hall–Kier alpha value is -3.17. The van der Waals surface area contributed by atoms with E-state index >= 15 is 0 Å². The summed E-state index contributed by atoms with van der Waals surface area (Å²) in [4.78, 5) is 25.3. The summed E-state index contributed by atoms with van der Waals surface area (Å²) in [6.45, 7) is 4.97. The molecule has 0 unspecified atom stereocenters. The van der Waals surface area contributed by atoms with Crippen LogP contribution in [-0.2, 0) is 4.79 Å². The summed E-state index contributed by atoms with van der Waals surface area (Å²) in [6, 6.07) is 18.5. The monoisotopic (exact) mass is 534 g/mol. The van der Waals surface area contributed by atoms with Gasteiger partial charge in [-0.15, -0.1) is 0 Å². The Morgan fingerprint density at radius 2 is 1.82 bits per heavy atom. The van der Waals surface area contributed by atoms with Crippen LogP contribution in [-0.4, -0.2) is 43.6 Å². The third kappa shape index (κ3) is 4.45. The quantitative estimate of drug-likeness (QED) is 0.349. The highest BCUT2D eigenvalue weighted by molar-refractivity contribution is 9.12. The summed E-state index contributed by atoms with van der Waals surface area (Å²) >= 11 is 4.92. The maximum absolute atomic E-state index is 12.5. The minimum absolute atomic E-state index is 0.0111. The SMILES string of the molecule is C=C(Br)C(=O)N1CCC[C@@H](n2nc(-c3ccc(Sc4ccccc4)cc3)c3c(N)ncnc32)C1. The first kappa shape index (κ1) is 22.6. The van der Waals surface area contributed by atoms with E-state index < -0.39 is 0 Å². The van der Waals surface area contributed by atoms with Crippen molar-refractivity contribution in [1.82, 2.24) is 24.6 Å². The molecule has 9 heteroatoms. The van der Waals surface area contributed by atoms with Crippen molar-refractivity contribution < 1.29 is 4.79 Å². The van der Waals surface area contributed by atoms with Crippen molar-refractivity contribution in [2.24, 2.45) is 0 Å². The number of nitrogens with zero attached hydrogens (tertiary/aromatic N) is 5. The van der Waals surface area contributed by atoms with E-state index in [0.717, 1.165) is 34.4 Å². The summed E-state index contributed by atoms with van der Waals surface area (Å²) < 4.78 is 2.27. The van der Waals surface area contributed by atoms with Crippen molar-refractivity contribution in [3.63, 3.8) is 0 Å². The number of rotatable bonds is 5. The molecule has 2 N–H and O–H groups in total. The van der Waals surface area contributed by atoms with Gasteiger partial charge in [-0.2, -0.15) is 5.10 Å². The molecule has 0 bridgehead atoms.